The fourth-order valence-electron chi connectivity index (χ4n) is 2.17. The van der Waals surface area contributed by atoms with E-state index in [0.717, 1.165) is 23.9 Å². The summed E-state index contributed by atoms with van der Waals surface area (Å²) < 4.78 is 0. The summed E-state index contributed by atoms with van der Waals surface area (Å²) in [4.78, 5) is 9.63. The van der Waals surface area contributed by atoms with Crippen molar-refractivity contribution in [2.45, 2.75) is 50.5 Å². The molecule has 2 rings (SSSR count). The van der Waals surface area contributed by atoms with Gasteiger partial charge in [-0.05, 0) is 6.92 Å². The molecule has 5 heteroatoms. The van der Waals surface area contributed by atoms with Crippen LogP contribution in [0.4, 0.5) is 5.82 Å². The number of thioether (sulfide) groups is 2. The van der Waals surface area contributed by atoms with Crippen LogP contribution in [0.25, 0.3) is 0 Å². The SMILES string of the molecule is CCNc1cc(C(C)(C)C)nc(C2SCCSC2C)n1. The van der Waals surface area contributed by atoms with E-state index >= 15 is 0 Å². The first kappa shape index (κ1) is 16.0. The van der Waals surface area contributed by atoms with Crippen LogP contribution < -0.4 is 5.32 Å². The summed E-state index contributed by atoms with van der Waals surface area (Å²) in [5.41, 5.74) is 1.18. The predicted molar refractivity (Wildman–Crippen MR) is 92.0 cm³/mol. The Kier molecular flexibility index (Phi) is 5.24. The van der Waals surface area contributed by atoms with Crippen molar-refractivity contribution in [3.8, 4) is 0 Å². The van der Waals surface area contributed by atoms with Crippen molar-refractivity contribution < 1.29 is 0 Å². The summed E-state index contributed by atoms with van der Waals surface area (Å²) in [6, 6.07) is 2.10. The molecular formula is C15H25N3S2. The van der Waals surface area contributed by atoms with E-state index in [1.54, 1.807) is 0 Å². The molecule has 0 radical (unpaired) electrons. The molecule has 1 fully saturated rings. The second-order valence-electron chi connectivity index (χ2n) is 6.14. The smallest absolute Gasteiger partial charge is 0.145 e. The van der Waals surface area contributed by atoms with Crippen LogP contribution in [-0.4, -0.2) is 33.3 Å². The standard InChI is InChI=1S/C15H25N3S2/c1-6-16-12-9-11(15(3,4)5)17-14(18-12)13-10(2)19-7-8-20-13/h9-10,13H,6-8H2,1-5H3,(H,16,17,18). The molecule has 20 heavy (non-hydrogen) atoms. The summed E-state index contributed by atoms with van der Waals surface area (Å²) in [5.74, 6) is 4.39. The van der Waals surface area contributed by atoms with Gasteiger partial charge in [-0.25, -0.2) is 9.97 Å². The van der Waals surface area contributed by atoms with Gasteiger partial charge in [-0.2, -0.15) is 11.8 Å². The minimum absolute atomic E-state index is 0.0532. The second-order valence-corrected chi connectivity index (χ2v) is 8.88. The van der Waals surface area contributed by atoms with Crippen LogP contribution in [0, 0.1) is 0 Å². The Balaban J connectivity index is 2.38. The van der Waals surface area contributed by atoms with Gasteiger partial charge in [0.25, 0.3) is 0 Å². The highest BCUT2D eigenvalue weighted by molar-refractivity contribution is 8.06. The second kappa shape index (κ2) is 6.56. The van der Waals surface area contributed by atoms with Gasteiger partial charge in [-0.15, -0.1) is 11.8 Å². The molecule has 1 aromatic rings. The van der Waals surface area contributed by atoms with E-state index in [9.17, 15) is 0 Å². The van der Waals surface area contributed by atoms with E-state index in [4.69, 9.17) is 9.97 Å². The van der Waals surface area contributed by atoms with Crippen LogP contribution >= 0.6 is 23.5 Å². The molecule has 0 saturated carbocycles. The van der Waals surface area contributed by atoms with Gasteiger partial charge in [0.15, 0.2) is 0 Å². The molecule has 0 aliphatic carbocycles. The number of nitrogens with one attached hydrogen (secondary N) is 1. The van der Waals surface area contributed by atoms with Crippen molar-refractivity contribution >= 4 is 29.3 Å². The minimum Gasteiger partial charge on any atom is -0.370 e. The van der Waals surface area contributed by atoms with Crippen molar-refractivity contribution in [2.24, 2.45) is 0 Å². The molecule has 1 aromatic heterocycles. The molecule has 2 atom stereocenters. The molecule has 0 spiro atoms. The van der Waals surface area contributed by atoms with Gasteiger partial charge in [0.1, 0.15) is 11.6 Å². The monoisotopic (exact) mass is 311 g/mol. The van der Waals surface area contributed by atoms with Gasteiger partial charge in [0, 0.05) is 34.8 Å². The molecule has 1 N–H and O–H groups in total. The van der Waals surface area contributed by atoms with Crippen molar-refractivity contribution in [1.82, 2.24) is 9.97 Å². The Bertz CT molecular complexity index is 457. The summed E-state index contributed by atoms with van der Waals surface area (Å²) in [6.07, 6.45) is 0. The first-order valence-corrected chi connectivity index (χ1v) is 9.38. The van der Waals surface area contributed by atoms with Crippen LogP contribution in [0.5, 0.6) is 0 Å². The van der Waals surface area contributed by atoms with Gasteiger partial charge in [-0.3, -0.25) is 0 Å². The third-order valence-electron chi connectivity index (χ3n) is 3.31. The maximum absolute atomic E-state index is 4.88. The highest BCUT2D eigenvalue weighted by atomic mass is 32.2. The van der Waals surface area contributed by atoms with Gasteiger partial charge < -0.3 is 5.32 Å². The van der Waals surface area contributed by atoms with E-state index in [1.165, 1.54) is 11.5 Å². The van der Waals surface area contributed by atoms with E-state index < -0.39 is 0 Å². The average Bonchev–Trinajstić information content (AvgIpc) is 2.38. The summed E-state index contributed by atoms with van der Waals surface area (Å²) in [5, 5.41) is 4.34. The maximum Gasteiger partial charge on any atom is 0.145 e. The quantitative estimate of drug-likeness (QED) is 0.909. The van der Waals surface area contributed by atoms with E-state index in [0.29, 0.717) is 10.5 Å². The molecule has 0 aromatic carbocycles. The lowest BCUT2D eigenvalue weighted by Crippen LogP contribution is -2.22. The molecule has 1 aliphatic heterocycles. The van der Waals surface area contributed by atoms with E-state index in [-0.39, 0.29) is 5.41 Å². The van der Waals surface area contributed by atoms with Gasteiger partial charge in [-0.1, -0.05) is 27.7 Å². The Morgan fingerprint density at radius 2 is 1.95 bits per heavy atom. The first-order valence-electron chi connectivity index (χ1n) is 7.28. The number of hydrogen-bond acceptors (Lipinski definition) is 5. The molecule has 0 bridgehead atoms. The van der Waals surface area contributed by atoms with Crippen LogP contribution in [0.3, 0.4) is 0 Å². The van der Waals surface area contributed by atoms with Gasteiger partial charge in [0.2, 0.25) is 0 Å². The first-order chi connectivity index (χ1) is 9.41. The lowest BCUT2D eigenvalue weighted by molar-refractivity contribution is 0.561. The molecule has 2 heterocycles. The Morgan fingerprint density at radius 3 is 2.55 bits per heavy atom. The molecule has 3 nitrogen and oxygen atoms in total. The molecule has 112 valence electrons. The number of nitrogens with zero attached hydrogens (tertiary/aromatic N) is 2. The lowest BCUT2D eigenvalue weighted by Gasteiger charge is -2.28. The Morgan fingerprint density at radius 1 is 1.25 bits per heavy atom. The van der Waals surface area contributed by atoms with Crippen molar-refractivity contribution in [3.05, 3.63) is 17.6 Å². The number of aromatic nitrogens is 2. The van der Waals surface area contributed by atoms with Crippen molar-refractivity contribution in [1.29, 1.82) is 0 Å². The topological polar surface area (TPSA) is 37.8 Å². The van der Waals surface area contributed by atoms with Gasteiger partial charge in [0.05, 0.1) is 10.9 Å². The zero-order valence-corrected chi connectivity index (χ0v) is 14.7. The Labute approximate surface area is 131 Å². The van der Waals surface area contributed by atoms with Crippen molar-refractivity contribution in [2.75, 3.05) is 23.4 Å². The molecular weight excluding hydrogens is 286 g/mol. The van der Waals surface area contributed by atoms with Crippen LogP contribution in [0.2, 0.25) is 0 Å². The molecule has 1 saturated heterocycles. The zero-order valence-electron chi connectivity index (χ0n) is 13.1. The molecule has 0 amide bonds. The third-order valence-corrected chi connectivity index (χ3v) is 6.40. The molecule has 2 unspecified atom stereocenters. The fourth-order valence-corrected chi connectivity index (χ4v) is 4.85. The number of hydrogen-bond donors (Lipinski definition) is 1. The predicted octanol–water partition coefficient (Wildman–Crippen LogP) is 4.12. The number of rotatable bonds is 3. The average molecular weight is 312 g/mol. The van der Waals surface area contributed by atoms with E-state index in [1.807, 2.05) is 23.5 Å². The van der Waals surface area contributed by atoms with Crippen molar-refractivity contribution in [3.63, 3.8) is 0 Å². The van der Waals surface area contributed by atoms with Crippen LogP contribution in [0.1, 0.15) is 51.4 Å². The molecule has 1 aliphatic rings. The summed E-state index contributed by atoms with van der Waals surface area (Å²) in [6.45, 7) is 11.9. The van der Waals surface area contributed by atoms with Crippen LogP contribution in [0.15, 0.2) is 6.07 Å². The zero-order chi connectivity index (χ0) is 14.8. The lowest BCUT2D eigenvalue weighted by atomic mass is 9.92. The Hall–Kier alpha value is -0.420. The highest BCUT2D eigenvalue weighted by Gasteiger charge is 2.28. The van der Waals surface area contributed by atoms with Gasteiger partial charge >= 0.3 is 0 Å². The minimum atomic E-state index is 0.0532. The van der Waals surface area contributed by atoms with Crippen LogP contribution in [-0.2, 0) is 5.41 Å². The maximum atomic E-state index is 4.88. The highest BCUT2D eigenvalue weighted by Crippen LogP contribution is 2.41. The fraction of sp³-hybridized carbons (Fsp3) is 0.733. The third kappa shape index (κ3) is 3.82. The van der Waals surface area contributed by atoms with E-state index in [2.05, 4.69) is 46.0 Å². The largest absolute Gasteiger partial charge is 0.370 e. The summed E-state index contributed by atoms with van der Waals surface area (Å²) >= 11 is 4.03. The normalized spacial score (nSPS) is 23.6. The summed E-state index contributed by atoms with van der Waals surface area (Å²) in [7, 11) is 0. The number of anilines is 1.